The molecule has 1 heterocycles. The minimum atomic E-state index is 0.710. The quantitative estimate of drug-likeness (QED) is 0.760. The van der Waals surface area contributed by atoms with Crippen LogP contribution >= 0.6 is 0 Å². The van der Waals surface area contributed by atoms with Crippen LogP contribution in [0.25, 0.3) is 0 Å². The fourth-order valence-corrected chi connectivity index (χ4v) is 2.09. The zero-order valence-corrected chi connectivity index (χ0v) is 9.47. The van der Waals surface area contributed by atoms with Crippen molar-refractivity contribution in [1.82, 2.24) is 0 Å². The second kappa shape index (κ2) is 4.01. The summed E-state index contributed by atoms with van der Waals surface area (Å²) >= 11 is 0. The maximum absolute atomic E-state index is 5.71. The summed E-state index contributed by atoms with van der Waals surface area (Å²) in [5, 5.41) is 0. The van der Waals surface area contributed by atoms with Crippen molar-refractivity contribution in [2.45, 2.75) is 0 Å². The van der Waals surface area contributed by atoms with Crippen LogP contribution in [0.4, 0.5) is 17.1 Å². The second-order valence-electron chi connectivity index (χ2n) is 4.06. The van der Waals surface area contributed by atoms with Crippen molar-refractivity contribution in [3.63, 3.8) is 0 Å². The number of anilines is 3. The van der Waals surface area contributed by atoms with Crippen LogP contribution in [0.2, 0.25) is 0 Å². The highest BCUT2D eigenvalue weighted by Crippen LogP contribution is 2.36. The van der Waals surface area contributed by atoms with Gasteiger partial charge in [0.05, 0.1) is 12.2 Å². The number of benzene rings is 2. The van der Waals surface area contributed by atoms with Gasteiger partial charge in [-0.25, -0.2) is 0 Å². The number of nitrogens with two attached hydrogens (primary N) is 1. The summed E-state index contributed by atoms with van der Waals surface area (Å²) in [6.07, 6.45) is 0. The molecule has 0 radical (unpaired) electrons. The highest BCUT2D eigenvalue weighted by Gasteiger charge is 2.18. The standard InChI is InChI=1S/C14H14N2O/c15-11-5-7-12(8-6-11)16-9-10-17-14-4-2-1-3-13(14)16/h1-8H,9-10,15H2. The van der Waals surface area contributed by atoms with Gasteiger partial charge in [0.2, 0.25) is 0 Å². The molecule has 17 heavy (non-hydrogen) atoms. The molecule has 2 aromatic carbocycles. The molecule has 0 atom stereocenters. The molecule has 3 nitrogen and oxygen atoms in total. The van der Waals surface area contributed by atoms with Crippen LogP contribution in [0.15, 0.2) is 48.5 Å². The average Bonchev–Trinajstić information content (AvgIpc) is 2.39. The van der Waals surface area contributed by atoms with Crippen molar-refractivity contribution in [3.05, 3.63) is 48.5 Å². The Morgan fingerprint density at radius 2 is 1.76 bits per heavy atom. The number of hydrogen-bond donors (Lipinski definition) is 1. The first-order chi connectivity index (χ1) is 8.34. The van der Waals surface area contributed by atoms with Crippen LogP contribution in [0, 0.1) is 0 Å². The monoisotopic (exact) mass is 226 g/mol. The lowest BCUT2D eigenvalue weighted by atomic mass is 10.2. The van der Waals surface area contributed by atoms with Gasteiger partial charge in [-0.3, -0.25) is 0 Å². The van der Waals surface area contributed by atoms with E-state index in [4.69, 9.17) is 10.5 Å². The third-order valence-electron chi connectivity index (χ3n) is 2.93. The molecular weight excluding hydrogens is 212 g/mol. The van der Waals surface area contributed by atoms with Gasteiger partial charge in [-0.05, 0) is 36.4 Å². The van der Waals surface area contributed by atoms with Crippen LogP contribution in [0.5, 0.6) is 5.75 Å². The Morgan fingerprint density at radius 1 is 1.00 bits per heavy atom. The molecule has 0 amide bonds. The Kier molecular flexibility index (Phi) is 2.37. The van der Waals surface area contributed by atoms with E-state index < -0.39 is 0 Å². The van der Waals surface area contributed by atoms with E-state index in [9.17, 15) is 0 Å². The van der Waals surface area contributed by atoms with E-state index in [0.29, 0.717) is 6.61 Å². The van der Waals surface area contributed by atoms with E-state index >= 15 is 0 Å². The predicted octanol–water partition coefficient (Wildman–Crippen LogP) is 2.80. The van der Waals surface area contributed by atoms with Gasteiger partial charge in [-0.2, -0.15) is 0 Å². The van der Waals surface area contributed by atoms with E-state index in [1.54, 1.807) is 0 Å². The topological polar surface area (TPSA) is 38.5 Å². The highest BCUT2D eigenvalue weighted by molar-refractivity contribution is 5.71. The Hall–Kier alpha value is -2.16. The molecular formula is C14H14N2O. The average molecular weight is 226 g/mol. The smallest absolute Gasteiger partial charge is 0.143 e. The number of ether oxygens (including phenoxy) is 1. The summed E-state index contributed by atoms with van der Waals surface area (Å²) in [7, 11) is 0. The minimum Gasteiger partial charge on any atom is -0.490 e. The molecule has 0 saturated carbocycles. The van der Waals surface area contributed by atoms with Crippen molar-refractivity contribution in [1.29, 1.82) is 0 Å². The Bertz CT molecular complexity index is 522. The molecule has 0 aromatic heterocycles. The molecule has 86 valence electrons. The fourth-order valence-electron chi connectivity index (χ4n) is 2.09. The third kappa shape index (κ3) is 1.80. The van der Waals surface area contributed by atoms with Crippen molar-refractivity contribution < 1.29 is 4.74 Å². The van der Waals surface area contributed by atoms with Crippen LogP contribution in [-0.2, 0) is 0 Å². The van der Waals surface area contributed by atoms with Gasteiger partial charge in [0, 0.05) is 11.4 Å². The summed E-state index contributed by atoms with van der Waals surface area (Å²) in [5.74, 6) is 0.940. The van der Waals surface area contributed by atoms with Crippen LogP contribution in [0.1, 0.15) is 0 Å². The summed E-state index contributed by atoms with van der Waals surface area (Å²) in [4.78, 5) is 2.25. The minimum absolute atomic E-state index is 0.710. The molecule has 0 spiro atoms. The largest absolute Gasteiger partial charge is 0.490 e. The van der Waals surface area contributed by atoms with Crippen molar-refractivity contribution in [2.24, 2.45) is 0 Å². The van der Waals surface area contributed by atoms with Crippen molar-refractivity contribution in [3.8, 4) is 5.75 Å². The zero-order chi connectivity index (χ0) is 11.7. The molecule has 2 aromatic rings. The molecule has 2 N–H and O–H groups in total. The molecule has 1 aliphatic heterocycles. The molecule has 0 bridgehead atoms. The first kappa shape index (κ1) is 10.0. The summed E-state index contributed by atoms with van der Waals surface area (Å²) in [5.41, 5.74) is 8.76. The van der Waals surface area contributed by atoms with Gasteiger partial charge >= 0.3 is 0 Å². The van der Waals surface area contributed by atoms with E-state index in [0.717, 1.165) is 29.4 Å². The molecule has 0 saturated heterocycles. The molecule has 3 rings (SSSR count). The lowest BCUT2D eigenvalue weighted by molar-refractivity contribution is 0.314. The fraction of sp³-hybridized carbons (Fsp3) is 0.143. The van der Waals surface area contributed by atoms with Gasteiger partial charge < -0.3 is 15.4 Å². The van der Waals surface area contributed by atoms with Gasteiger partial charge in [-0.1, -0.05) is 12.1 Å². The van der Waals surface area contributed by atoms with E-state index in [1.165, 1.54) is 0 Å². The maximum Gasteiger partial charge on any atom is 0.143 e. The molecule has 1 aliphatic rings. The van der Waals surface area contributed by atoms with Gasteiger partial charge in [0.25, 0.3) is 0 Å². The normalized spacial score (nSPS) is 14.0. The number of rotatable bonds is 1. The van der Waals surface area contributed by atoms with Crippen LogP contribution < -0.4 is 15.4 Å². The molecule has 0 aliphatic carbocycles. The number of para-hydroxylation sites is 2. The van der Waals surface area contributed by atoms with Gasteiger partial charge in [0.15, 0.2) is 0 Å². The van der Waals surface area contributed by atoms with Crippen LogP contribution in [0.3, 0.4) is 0 Å². The van der Waals surface area contributed by atoms with E-state index in [2.05, 4.69) is 11.0 Å². The summed E-state index contributed by atoms with van der Waals surface area (Å²) in [6, 6.07) is 16.0. The summed E-state index contributed by atoms with van der Waals surface area (Å²) < 4.78 is 5.63. The second-order valence-corrected chi connectivity index (χ2v) is 4.06. The van der Waals surface area contributed by atoms with Crippen molar-refractivity contribution in [2.75, 3.05) is 23.8 Å². The highest BCUT2D eigenvalue weighted by atomic mass is 16.5. The molecule has 0 fully saturated rings. The molecule has 0 unspecified atom stereocenters. The number of nitrogen functional groups attached to an aromatic ring is 1. The van der Waals surface area contributed by atoms with Crippen LogP contribution in [-0.4, -0.2) is 13.2 Å². The predicted molar refractivity (Wildman–Crippen MR) is 69.8 cm³/mol. The van der Waals surface area contributed by atoms with Gasteiger partial charge in [0.1, 0.15) is 12.4 Å². The number of nitrogens with zero attached hydrogens (tertiary/aromatic N) is 1. The summed E-state index contributed by atoms with van der Waals surface area (Å²) in [6.45, 7) is 1.57. The maximum atomic E-state index is 5.71. The van der Waals surface area contributed by atoms with E-state index in [1.807, 2.05) is 42.5 Å². The van der Waals surface area contributed by atoms with Crippen molar-refractivity contribution >= 4 is 17.1 Å². The third-order valence-corrected chi connectivity index (χ3v) is 2.93. The van der Waals surface area contributed by atoms with E-state index in [-0.39, 0.29) is 0 Å². The Morgan fingerprint density at radius 3 is 2.59 bits per heavy atom. The lowest BCUT2D eigenvalue weighted by Gasteiger charge is -2.31. The first-order valence-corrected chi connectivity index (χ1v) is 5.69. The molecule has 3 heteroatoms. The Balaban J connectivity index is 2.03. The SMILES string of the molecule is Nc1ccc(N2CCOc3ccccc32)cc1. The lowest BCUT2D eigenvalue weighted by Crippen LogP contribution is -2.28. The first-order valence-electron chi connectivity index (χ1n) is 5.69. The number of fused-ring (bicyclic) bond motifs is 1. The van der Waals surface area contributed by atoms with Gasteiger partial charge in [-0.15, -0.1) is 0 Å². The Labute approximate surface area is 100 Å². The zero-order valence-electron chi connectivity index (χ0n) is 9.47. The number of hydrogen-bond acceptors (Lipinski definition) is 3.